The Hall–Kier alpha value is -3.98. The van der Waals surface area contributed by atoms with Crippen LogP contribution in [0.1, 0.15) is 33.3 Å². The number of anilines is 2. The molecule has 3 aromatic rings. The van der Waals surface area contributed by atoms with E-state index in [9.17, 15) is 9.59 Å². The van der Waals surface area contributed by atoms with Crippen molar-refractivity contribution in [3.05, 3.63) is 89.7 Å². The van der Waals surface area contributed by atoms with Crippen molar-refractivity contribution in [3.8, 4) is 6.07 Å². The molecule has 0 fully saturated rings. The molecule has 0 aliphatic carbocycles. The number of benzene rings is 2. The van der Waals surface area contributed by atoms with Crippen LogP contribution in [0.5, 0.6) is 0 Å². The number of rotatable bonds is 5. The van der Waals surface area contributed by atoms with Crippen molar-refractivity contribution in [1.29, 1.82) is 5.26 Å². The first-order valence-electron chi connectivity index (χ1n) is 8.77. The third kappa shape index (κ3) is 4.22. The number of hydrogen-bond acceptors (Lipinski definition) is 4. The van der Waals surface area contributed by atoms with Gasteiger partial charge in [0.05, 0.1) is 11.6 Å². The van der Waals surface area contributed by atoms with Crippen molar-refractivity contribution in [3.63, 3.8) is 0 Å². The fraction of sp³-hybridized carbons (Fsp3) is 0.0909. The molecule has 1 aromatic heterocycles. The van der Waals surface area contributed by atoms with E-state index in [-0.39, 0.29) is 11.6 Å². The number of carbonyl (C=O) groups excluding carboxylic acids is 2. The number of nitrogens with zero attached hydrogens (tertiary/aromatic N) is 3. The number of pyridine rings is 1. The fourth-order valence-corrected chi connectivity index (χ4v) is 2.76. The van der Waals surface area contributed by atoms with Gasteiger partial charge in [0, 0.05) is 29.7 Å². The van der Waals surface area contributed by atoms with Gasteiger partial charge in [-0.05, 0) is 49.4 Å². The zero-order valence-electron chi connectivity index (χ0n) is 15.3. The van der Waals surface area contributed by atoms with Crippen molar-refractivity contribution >= 4 is 23.2 Å². The summed E-state index contributed by atoms with van der Waals surface area (Å²) >= 11 is 0. The van der Waals surface area contributed by atoms with Crippen molar-refractivity contribution in [1.82, 2.24) is 4.98 Å². The van der Waals surface area contributed by atoms with Crippen LogP contribution < -0.4 is 10.2 Å². The molecular formula is C22H18N4O2. The molecule has 1 heterocycles. The number of aromatic nitrogens is 1. The minimum absolute atomic E-state index is 0.123. The van der Waals surface area contributed by atoms with Crippen LogP contribution in [-0.2, 0) is 0 Å². The predicted octanol–water partition coefficient (Wildman–Crippen LogP) is 3.87. The molecule has 0 saturated carbocycles. The van der Waals surface area contributed by atoms with Gasteiger partial charge in [0.15, 0.2) is 0 Å². The van der Waals surface area contributed by atoms with Gasteiger partial charge in [-0.2, -0.15) is 5.26 Å². The van der Waals surface area contributed by atoms with Gasteiger partial charge < -0.3 is 10.2 Å². The van der Waals surface area contributed by atoms with E-state index in [1.54, 1.807) is 35.2 Å². The molecule has 6 nitrogen and oxygen atoms in total. The summed E-state index contributed by atoms with van der Waals surface area (Å²) < 4.78 is 0. The van der Waals surface area contributed by atoms with Gasteiger partial charge in [-0.15, -0.1) is 0 Å². The second kappa shape index (κ2) is 8.60. The van der Waals surface area contributed by atoms with Crippen LogP contribution in [-0.4, -0.2) is 23.3 Å². The van der Waals surface area contributed by atoms with Crippen molar-refractivity contribution in [2.24, 2.45) is 0 Å². The SMILES string of the molecule is CCN(C(=O)c1ccnc(C(=O)Nc2cccc(C#N)c2)c1)c1ccccc1. The number of nitrogens with one attached hydrogen (secondary N) is 1. The first kappa shape index (κ1) is 18.8. The molecule has 1 N–H and O–H groups in total. The van der Waals surface area contributed by atoms with E-state index in [4.69, 9.17) is 5.26 Å². The zero-order valence-corrected chi connectivity index (χ0v) is 15.3. The van der Waals surface area contributed by atoms with Crippen LogP contribution in [0.15, 0.2) is 72.9 Å². The molecule has 2 aromatic carbocycles. The quantitative estimate of drug-likeness (QED) is 0.739. The monoisotopic (exact) mass is 370 g/mol. The minimum atomic E-state index is -0.451. The molecule has 6 heteroatoms. The summed E-state index contributed by atoms with van der Waals surface area (Å²) in [4.78, 5) is 31.1. The Labute approximate surface area is 163 Å². The number of carbonyl (C=O) groups is 2. The first-order valence-corrected chi connectivity index (χ1v) is 8.77. The minimum Gasteiger partial charge on any atom is -0.321 e. The van der Waals surface area contributed by atoms with Crippen molar-refractivity contribution in [2.75, 3.05) is 16.8 Å². The molecule has 0 bridgehead atoms. The molecule has 0 atom stereocenters. The highest BCUT2D eigenvalue weighted by molar-refractivity contribution is 6.08. The van der Waals surface area contributed by atoms with Crippen LogP contribution in [0.4, 0.5) is 11.4 Å². The van der Waals surface area contributed by atoms with Crippen LogP contribution >= 0.6 is 0 Å². The number of hydrogen-bond donors (Lipinski definition) is 1. The Kier molecular flexibility index (Phi) is 5.78. The molecule has 138 valence electrons. The highest BCUT2D eigenvalue weighted by Crippen LogP contribution is 2.17. The highest BCUT2D eigenvalue weighted by Gasteiger charge is 2.18. The summed E-state index contributed by atoms with van der Waals surface area (Å²) in [6, 6.07) is 21.0. The number of amides is 2. The number of nitriles is 1. The Bertz CT molecular complexity index is 1040. The standard InChI is InChI=1S/C22H18N4O2/c1-2-26(19-9-4-3-5-10-19)22(28)17-11-12-24-20(14-17)21(27)25-18-8-6-7-16(13-18)15-23/h3-14H,2H2,1H3,(H,25,27). The average Bonchev–Trinajstić information content (AvgIpc) is 2.75. The molecule has 0 saturated heterocycles. The first-order chi connectivity index (χ1) is 13.6. The third-order valence-electron chi connectivity index (χ3n) is 4.12. The van der Waals surface area contributed by atoms with Crippen LogP contribution in [0.25, 0.3) is 0 Å². The van der Waals surface area contributed by atoms with E-state index in [0.717, 1.165) is 5.69 Å². The van der Waals surface area contributed by atoms with Crippen LogP contribution in [0.2, 0.25) is 0 Å². The van der Waals surface area contributed by atoms with Gasteiger partial charge in [0.1, 0.15) is 5.69 Å². The Morgan fingerprint density at radius 1 is 1.07 bits per heavy atom. The molecule has 0 radical (unpaired) electrons. The smallest absolute Gasteiger partial charge is 0.274 e. The van der Waals surface area contributed by atoms with E-state index < -0.39 is 5.91 Å². The predicted molar refractivity (Wildman–Crippen MR) is 107 cm³/mol. The second-order valence-corrected chi connectivity index (χ2v) is 5.96. The van der Waals surface area contributed by atoms with Gasteiger partial charge >= 0.3 is 0 Å². The maximum Gasteiger partial charge on any atom is 0.274 e. The summed E-state index contributed by atoms with van der Waals surface area (Å²) in [5.41, 5.74) is 2.21. The lowest BCUT2D eigenvalue weighted by Gasteiger charge is -2.21. The molecule has 0 aliphatic heterocycles. The highest BCUT2D eigenvalue weighted by atomic mass is 16.2. The van der Waals surface area contributed by atoms with Crippen LogP contribution in [0.3, 0.4) is 0 Å². The number of para-hydroxylation sites is 1. The van der Waals surface area contributed by atoms with Crippen molar-refractivity contribution < 1.29 is 9.59 Å². The molecule has 0 aliphatic rings. The van der Waals surface area contributed by atoms with Gasteiger partial charge in [-0.3, -0.25) is 14.6 Å². The molecule has 0 unspecified atom stereocenters. The average molecular weight is 370 g/mol. The maximum atomic E-state index is 12.9. The molecule has 3 rings (SSSR count). The van der Waals surface area contributed by atoms with Crippen LogP contribution in [0, 0.1) is 11.3 Å². The van der Waals surface area contributed by atoms with Gasteiger partial charge in [-0.1, -0.05) is 24.3 Å². The summed E-state index contributed by atoms with van der Waals surface area (Å²) in [6.07, 6.45) is 1.44. The van der Waals surface area contributed by atoms with Gasteiger partial charge in [-0.25, -0.2) is 0 Å². The normalized spacial score (nSPS) is 10.0. The topological polar surface area (TPSA) is 86.1 Å². The lowest BCUT2D eigenvalue weighted by molar-refractivity contribution is 0.0988. The maximum absolute atomic E-state index is 12.9. The second-order valence-electron chi connectivity index (χ2n) is 5.96. The van der Waals surface area contributed by atoms with E-state index in [1.807, 2.05) is 43.3 Å². The van der Waals surface area contributed by atoms with E-state index in [0.29, 0.717) is 23.4 Å². The van der Waals surface area contributed by atoms with Gasteiger partial charge in [0.2, 0.25) is 0 Å². The summed E-state index contributed by atoms with van der Waals surface area (Å²) in [5, 5.41) is 11.7. The Balaban J connectivity index is 1.82. The van der Waals surface area contributed by atoms with E-state index in [2.05, 4.69) is 10.3 Å². The molecule has 28 heavy (non-hydrogen) atoms. The molecule has 0 spiro atoms. The molecular weight excluding hydrogens is 352 g/mol. The molecule has 2 amide bonds. The fourth-order valence-electron chi connectivity index (χ4n) is 2.76. The summed E-state index contributed by atoms with van der Waals surface area (Å²) in [5.74, 6) is -0.663. The summed E-state index contributed by atoms with van der Waals surface area (Å²) in [7, 11) is 0. The third-order valence-corrected chi connectivity index (χ3v) is 4.12. The zero-order chi connectivity index (χ0) is 19.9. The van der Waals surface area contributed by atoms with Gasteiger partial charge in [0.25, 0.3) is 11.8 Å². The largest absolute Gasteiger partial charge is 0.321 e. The van der Waals surface area contributed by atoms with Crippen molar-refractivity contribution in [2.45, 2.75) is 6.92 Å². The Morgan fingerprint density at radius 3 is 2.57 bits per heavy atom. The Morgan fingerprint density at radius 2 is 1.86 bits per heavy atom. The summed E-state index contributed by atoms with van der Waals surface area (Å²) in [6.45, 7) is 2.38. The van der Waals surface area contributed by atoms with E-state index in [1.165, 1.54) is 12.3 Å². The lowest BCUT2D eigenvalue weighted by Crippen LogP contribution is -2.30. The lowest BCUT2D eigenvalue weighted by atomic mass is 10.1. The van der Waals surface area contributed by atoms with E-state index >= 15 is 0 Å².